The second kappa shape index (κ2) is 9.07. The Bertz CT molecular complexity index is 640. The normalized spacial score (nSPS) is 10.3. The van der Waals surface area contributed by atoms with Crippen molar-refractivity contribution in [1.29, 1.82) is 0 Å². The zero-order valence-electron chi connectivity index (χ0n) is 13.0. The minimum atomic E-state index is -0.144. The maximum absolute atomic E-state index is 11.9. The number of hydrogen-bond donors (Lipinski definition) is 2. The molecule has 0 saturated carbocycles. The number of amides is 2. The zero-order chi connectivity index (χ0) is 16.5. The molecule has 0 fully saturated rings. The molecule has 1 aromatic heterocycles. The Labute approximate surface area is 139 Å². The van der Waals surface area contributed by atoms with Gasteiger partial charge in [0.1, 0.15) is 0 Å². The third kappa shape index (κ3) is 6.22. The van der Waals surface area contributed by atoms with Crippen LogP contribution in [0.4, 0.5) is 5.00 Å². The number of anilines is 1. The van der Waals surface area contributed by atoms with Crippen molar-refractivity contribution in [3.05, 3.63) is 52.9 Å². The van der Waals surface area contributed by atoms with Gasteiger partial charge < -0.3 is 15.4 Å². The van der Waals surface area contributed by atoms with E-state index >= 15 is 0 Å². The molecule has 0 radical (unpaired) electrons. The number of nitrogens with one attached hydrogen (secondary N) is 2. The molecule has 1 heterocycles. The lowest BCUT2D eigenvalue weighted by Crippen LogP contribution is -2.24. The van der Waals surface area contributed by atoms with Gasteiger partial charge in [-0.05, 0) is 24.1 Å². The van der Waals surface area contributed by atoms with Gasteiger partial charge in [0.15, 0.2) is 0 Å². The molecule has 0 unspecified atom stereocenters. The number of carbonyl (C=O) groups is 2. The summed E-state index contributed by atoms with van der Waals surface area (Å²) in [6.45, 7) is 3.17. The molecule has 0 aliphatic carbocycles. The van der Waals surface area contributed by atoms with Gasteiger partial charge in [-0.25, -0.2) is 0 Å². The quantitative estimate of drug-likeness (QED) is 0.730. The van der Waals surface area contributed by atoms with Crippen LogP contribution < -0.4 is 10.6 Å². The van der Waals surface area contributed by atoms with Crippen LogP contribution in [0.5, 0.6) is 0 Å². The first-order chi connectivity index (χ1) is 11.1. The van der Waals surface area contributed by atoms with Gasteiger partial charge in [0.05, 0.1) is 16.5 Å². The van der Waals surface area contributed by atoms with Crippen LogP contribution in [-0.4, -0.2) is 25.0 Å². The molecule has 2 amide bonds. The summed E-state index contributed by atoms with van der Waals surface area (Å²) in [4.78, 5) is 23.5. The van der Waals surface area contributed by atoms with Crippen LogP contribution in [-0.2, 0) is 16.1 Å². The lowest BCUT2D eigenvalue weighted by Gasteiger charge is -2.05. The second-order valence-corrected chi connectivity index (χ2v) is 6.08. The molecule has 0 atom stereocenters. The molecule has 2 N–H and O–H groups in total. The third-order valence-corrected chi connectivity index (χ3v) is 3.99. The summed E-state index contributed by atoms with van der Waals surface area (Å²) in [6, 6.07) is 13.4. The lowest BCUT2D eigenvalue weighted by atomic mass is 10.2. The lowest BCUT2D eigenvalue weighted by molar-refractivity contribution is -0.114. The highest BCUT2D eigenvalue weighted by Gasteiger charge is 2.09. The van der Waals surface area contributed by atoms with E-state index in [2.05, 4.69) is 10.6 Å². The molecule has 6 heteroatoms. The first-order valence-electron chi connectivity index (χ1n) is 7.42. The van der Waals surface area contributed by atoms with Crippen LogP contribution in [0.15, 0.2) is 42.5 Å². The Balaban J connectivity index is 1.61. The molecule has 1 aromatic carbocycles. The SMILES string of the molecule is CC(=O)Nc1ccc(C(=O)NCCCOCc2ccccc2)s1. The Morgan fingerprint density at radius 3 is 2.65 bits per heavy atom. The van der Waals surface area contributed by atoms with E-state index in [1.165, 1.54) is 18.3 Å². The number of rotatable bonds is 8. The predicted octanol–water partition coefficient (Wildman–Crippen LogP) is 3.04. The topological polar surface area (TPSA) is 67.4 Å². The Kier molecular flexibility index (Phi) is 6.77. The first kappa shape index (κ1) is 17.2. The van der Waals surface area contributed by atoms with Crippen molar-refractivity contribution in [2.75, 3.05) is 18.5 Å². The highest BCUT2D eigenvalue weighted by atomic mass is 32.1. The van der Waals surface area contributed by atoms with Gasteiger partial charge in [-0.2, -0.15) is 0 Å². The van der Waals surface area contributed by atoms with Gasteiger partial charge >= 0.3 is 0 Å². The smallest absolute Gasteiger partial charge is 0.261 e. The van der Waals surface area contributed by atoms with E-state index in [-0.39, 0.29) is 11.8 Å². The van der Waals surface area contributed by atoms with Crippen molar-refractivity contribution < 1.29 is 14.3 Å². The highest BCUT2D eigenvalue weighted by Crippen LogP contribution is 2.21. The van der Waals surface area contributed by atoms with Gasteiger partial charge in [-0.1, -0.05) is 30.3 Å². The molecule has 0 aliphatic rings. The number of carbonyl (C=O) groups excluding carboxylic acids is 2. The number of benzene rings is 1. The van der Waals surface area contributed by atoms with Crippen molar-refractivity contribution in [2.45, 2.75) is 20.0 Å². The molecule has 122 valence electrons. The van der Waals surface area contributed by atoms with E-state index in [0.717, 1.165) is 12.0 Å². The average molecular weight is 332 g/mol. The van der Waals surface area contributed by atoms with E-state index in [1.54, 1.807) is 12.1 Å². The Hall–Kier alpha value is -2.18. The fourth-order valence-corrected chi connectivity index (χ4v) is 2.80. The van der Waals surface area contributed by atoms with Crippen molar-refractivity contribution in [1.82, 2.24) is 5.32 Å². The van der Waals surface area contributed by atoms with Crippen molar-refractivity contribution in [3.8, 4) is 0 Å². The summed E-state index contributed by atoms with van der Waals surface area (Å²) in [6.07, 6.45) is 0.752. The van der Waals surface area contributed by atoms with Gasteiger partial charge in [0, 0.05) is 20.1 Å². The molecular formula is C17H20N2O3S. The van der Waals surface area contributed by atoms with Gasteiger partial charge in [-0.15, -0.1) is 11.3 Å². The fraction of sp³-hybridized carbons (Fsp3) is 0.294. The summed E-state index contributed by atoms with van der Waals surface area (Å²) in [5, 5.41) is 6.18. The number of thiophene rings is 1. The average Bonchev–Trinajstić information content (AvgIpc) is 2.99. The maximum Gasteiger partial charge on any atom is 0.261 e. The minimum absolute atomic E-state index is 0.130. The molecule has 2 aromatic rings. The molecule has 0 spiro atoms. The summed E-state index contributed by atoms with van der Waals surface area (Å²) >= 11 is 1.26. The predicted molar refractivity (Wildman–Crippen MR) is 91.7 cm³/mol. The molecule has 0 aliphatic heterocycles. The van der Waals surface area contributed by atoms with Crippen LogP contribution in [0.2, 0.25) is 0 Å². The van der Waals surface area contributed by atoms with E-state index in [9.17, 15) is 9.59 Å². The van der Waals surface area contributed by atoms with E-state index in [1.807, 2.05) is 30.3 Å². The molecular weight excluding hydrogens is 312 g/mol. The Morgan fingerprint density at radius 1 is 1.13 bits per heavy atom. The first-order valence-corrected chi connectivity index (χ1v) is 8.24. The van der Waals surface area contributed by atoms with E-state index in [4.69, 9.17) is 4.74 Å². The largest absolute Gasteiger partial charge is 0.377 e. The molecule has 0 bridgehead atoms. The number of hydrogen-bond acceptors (Lipinski definition) is 4. The van der Waals surface area contributed by atoms with Gasteiger partial charge in [0.25, 0.3) is 5.91 Å². The summed E-state index contributed by atoms with van der Waals surface area (Å²) in [7, 11) is 0. The summed E-state index contributed by atoms with van der Waals surface area (Å²) in [5.74, 6) is -0.274. The van der Waals surface area contributed by atoms with Crippen LogP contribution >= 0.6 is 11.3 Å². The van der Waals surface area contributed by atoms with Crippen LogP contribution in [0.1, 0.15) is 28.6 Å². The monoisotopic (exact) mass is 332 g/mol. The standard InChI is InChI=1S/C17H20N2O3S/c1-13(20)19-16-9-8-15(23-16)17(21)18-10-5-11-22-12-14-6-3-2-4-7-14/h2-4,6-9H,5,10-12H2,1H3,(H,18,21)(H,19,20). The molecule has 0 saturated heterocycles. The Morgan fingerprint density at radius 2 is 1.91 bits per heavy atom. The third-order valence-electron chi connectivity index (χ3n) is 2.99. The van der Waals surface area contributed by atoms with Gasteiger partial charge in [-0.3, -0.25) is 9.59 Å². The fourth-order valence-electron chi connectivity index (χ4n) is 1.93. The maximum atomic E-state index is 11.9. The summed E-state index contributed by atoms with van der Waals surface area (Å²) in [5.41, 5.74) is 1.14. The molecule has 5 nitrogen and oxygen atoms in total. The van der Waals surface area contributed by atoms with Crippen molar-refractivity contribution in [2.24, 2.45) is 0 Å². The van der Waals surface area contributed by atoms with Gasteiger partial charge in [0.2, 0.25) is 5.91 Å². The minimum Gasteiger partial charge on any atom is -0.377 e. The molecule has 23 heavy (non-hydrogen) atoms. The molecule has 2 rings (SSSR count). The van der Waals surface area contributed by atoms with Crippen molar-refractivity contribution in [3.63, 3.8) is 0 Å². The van der Waals surface area contributed by atoms with E-state index < -0.39 is 0 Å². The van der Waals surface area contributed by atoms with E-state index in [0.29, 0.717) is 29.6 Å². The van der Waals surface area contributed by atoms with Crippen LogP contribution in [0, 0.1) is 0 Å². The zero-order valence-corrected chi connectivity index (χ0v) is 13.8. The highest BCUT2D eigenvalue weighted by molar-refractivity contribution is 7.18. The summed E-state index contributed by atoms with van der Waals surface area (Å²) < 4.78 is 5.56. The van der Waals surface area contributed by atoms with Crippen LogP contribution in [0.3, 0.4) is 0 Å². The van der Waals surface area contributed by atoms with Crippen LogP contribution in [0.25, 0.3) is 0 Å². The van der Waals surface area contributed by atoms with Crippen molar-refractivity contribution >= 4 is 28.2 Å². The number of ether oxygens (including phenoxy) is 1. The second-order valence-electron chi connectivity index (χ2n) is 4.99.